The van der Waals surface area contributed by atoms with E-state index < -0.39 is 11.5 Å². The van der Waals surface area contributed by atoms with Crippen LogP contribution in [0.4, 0.5) is 5.69 Å². The topological polar surface area (TPSA) is 486 Å². The Balaban J connectivity index is 0.000000403. The molecule has 0 atom stereocenters. The molecule has 1 fully saturated rings. The molecule has 0 radical (unpaired) electrons. The number of pyridine rings is 1. The van der Waals surface area contributed by atoms with Crippen molar-refractivity contribution in [3.63, 3.8) is 0 Å². The molecule has 0 aliphatic carbocycles. The van der Waals surface area contributed by atoms with E-state index in [1.807, 2.05) is 115 Å². The van der Waals surface area contributed by atoms with Crippen LogP contribution in [0.25, 0.3) is 22.8 Å². The lowest BCUT2D eigenvalue weighted by molar-refractivity contribution is -0.131. The molecule has 3 aromatic heterocycles. The Kier molecular flexibility index (Phi) is 43.3. The molecule has 0 unspecified atom stereocenters. The maximum absolute atomic E-state index is 11.3. The predicted octanol–water partition coefficient (Wildman–Crippen LogP) is 8.51. The molecule has 9 rings (SSSR count). The summed E-state index contributed by atoms with van der Waals surface area (Å²) < 4.78 is 9.81. The van der Waals surface area contributed by atoms with E-state index in [-0.39, 0.29) is 65.1 Å². The lowest BCUT2D eigenvalue weighted by atomic mass is 10.0. The van der Waals surface area contributed by atoms with Gasteiger partial charge >= 0.3 is 11.5 Å². The number of guanidine groups is 1. The number of azo groups is 1. The second-order valence-corrected chi connectivity index (χ2v) is 22.9. The van der Waals surface area contributed by atoms with E-state index in [0.717, 1.165) is 88.7 Å². The summed E-state index contributed by atoms with van der Waals surface area (Å²) in [4.78, 5) is 120. The first-order chi connectivity index (χ1) is 48.8. The minimum Gasteiger partial charge on any atom is -0.384 e. The van der Waals surface area contributed by atoms with Crippen molar-refractivity contribution >= 4 is 80.4 Å². The SMILES string of the molecule is CC(=O)CCCc1ccc(-c2noc(=O)[nH]2)cc1.CC(=O)CCCc1ccc(C(=N)N)cc1.CNC(=O)c1ccc(CCCC(C)=O)cc1.CNC(=O)c1ccc(N=NCC(C)=O)cc1.NCCCCN=C(N)N.NCc1ccc(-c2noc(=O)[nH]2)cc1.O=C1CCC(=O)N1Br.c1ccncc1. The molecular weight excluding hydrogens is 1370 g/mol. The van der Waals surface area contributed by atoms with Gasteiger partial charge in [0.25, 0.3) is 11.8 Å². The van der Waals surface area contributed by atoms with Crippen LogP contribution in [-0.4, -0.2) is 121 Å². The first kappa shape index (κ1) is 86.7. The first-order valence-electron chi connectivity index (χ1n) is 32.3. The van der Waals surface area contributed by atoms with Gasteiger partial charge in [0.15, 0.2) is 23.4 Å². The second kappa shape index (κ2) is 50.9. The number of hydrogen-bond donors (Lipinski definition) is 10. The monoisotopic (exact) mass is 1470 g/mol. The zero-order valence-electron chi connectivity index (χ0n) is 58.2. The van der Waals surface area contributed by atoms with Crippen LogP contribution in [0.5, 0.6) is 0 Å². The molecule has 1 aliphatic rings. The molecule has 1 aliphatic heterocycles. The molecule has 0 spiro atoms. The number of unbranched alkanes of at least 4 members (excludes halogenated alkanes) is 1. The van der Waals surface area contributed by atoms with Crippen LogP contribution in [0.2, 0.25) is 0 Å². The number of aromatic amines is 2. The maximum atomic E-state index is 11.3. The largest absolute Gasteiger partial charge is 0.439 e. The Morgan fingerprint density at radius 3 is 1.23 bits per heavy atom. The number of nitrogen functional groups attached to an aromatic ring is 1. The summed E-state index contributed by atoms with van der Waals surface area (Å²) in [5.74, 6) is 0.118. The number of aromatic nitrogens is 5. The fraction of sp³-hybridized carbons (Fsp3) is 0.319. The number of Topliss-reactive ketones (excluding diaryl/α,β-unsaturated/α-hetero) is 4. The average molecular weight is 1470 g/mol. The minimum atomic E-state index is -0.560. The lowest BCUT2D eigenvalue weighted by Crippen LogP contribution is -2.23. The summed E-state index contributed by atoms with van der Waals surface area (Å²) >= 11 is 2.80. The molecule has 0 bridgehead atoms. The number of nitrogens with two attached hydrogens (primary N) is 5. The van der Waals surface area contributed by atoms with Gasteiger partial charge in [-0.05, 0) is 156 Å². The van der Waals surface area contributed by atoms with Crippen molar-refractivity contribution in [2.45, 2.75) is 118 Å². The van der Waals surface area contributed by atoms with Gasteiger partial charge in [-0.15, -0.1) is 0 Å². The Labute approximate surface area is 600 Å². The molecule has 4 amide bonds. The van der Waals surface area contributed by atoms with Crippen LogP contribution in [0.1, 0.15) is 140 Å². The lowest BCUT2D eigenvalue weighted by Gasteiger charge is -2.02. The summed E-state index contributed by atoms with van der Waals surface area (Å²) in [5.41, 5.74) is 34.9. The van der Waals surface area contributed by atoms with Crippen molar-refractivity contribution in [1.82, 2.24) is 39.8 Å². The molecule has 29 nitrogen and oxygen atoms in total. The number of H-pyrrole nitrogens is 2. The molecule has 0 saturated carbocycles. The molecule has 102 heavy (non-hydrogen) atoms. The minimum absolute atomic E-state index is 0.0364. The number of aliphatic imine (C=N–C) groups is 1. The fourth-order valence-electron chi connectivity index (χ4n) is 8.15. The third-order valence-corrected chi connectivity index (χ3v) is 14.4. The van der Waals surface area contributed by atoms with Crippen molar-refractivity contribution in [3.05, 3.63) is 212 Å². The molecule has 15 N–H and O–H groups in total. The number of carbonyl (C=O) groups is 8. The van der Waals surface area contributed by atoms with Crippen molar-refractivity contribution < 1.29 is 47.4 Å². The van der Waals surface area contributed by atoms with Gasteiger partial charge in [0.2, 0.25) is 11.8 Å². The van der Waals surface area contributed by atoms with E-state index >= 15 is 0 Å². The number of benzene rings is 5. The standard InChI is InChI=1S/C13H14N2O3.C13H17NO2.C12H16N2O.C11H13N3O2.C9H9N3O2.C5H14N4.C5H5N.C4H4BrNO2/c1-9(16)3-2-4-10-5-7-11(8-6-10)12-14-13(17)18-15-12;1-10(15)4-3-5-11-6-8-12(9-7-11)13(16)14-2;1-9(15)3-2-4-10-5-7-11(8-6-10)12(13)14;1-8(15)7-13-14-10-5-3-9(4-6-10)11(16)12-2;10-5-6-1-3-7(4-2-6)8-11-9(13)14-12-8;6-3-1-2-4-9-5(7)8;1-2-4-6-5-3-1;5-6-3(7)1-2-4(6)8/h5-8H,2-4H2,1H3,(H,14,15,17);6-9H,3-5H2,1-2H3,(H,14,16);5-8H,2-4H2,1H3,(H3,13,14);3-6H,7H2,1-2H3,(H,12,16);1-4H,5,10H2,(H,11,12,13);1-4,6H2,(H4,7,8,9);1-5H;1-2H2. The molecule has 1 saturated heterocycles. The smallest absolute Gasteiger partial charge is 0.384 e. The van der Waals surface area contributed by atoms with Gasteiger partial charge < -0.3 is 53.7 Å². The highest BCUT2D eigenvalue weighted by Crippen LogP contribution is 2.18. The molecule has 5 aromatic carbocycles. The van der Waals surface area contributed by atoms with E-state index in [9.17, 15) is 47.9 Å². The van der Waals surface area contributed by atoms with Gasteiger partial charge in [0.1, 0.15) is 29.7 Å². The quantitative estimate of drug-likeness (QED) is 0.00639. The third-order valence-electron chi connectivity index (χ3n) is 13.6. The molecule has 30 heteroatoms. The average Bonchev–Trinajstić information content (AvgIpc) is 1.70. The molecule has 8 aromatic rings. The van der Waals surface area contributed by atoms with Crippen LogP contribution in [0.3, 0.4) is 0 Å². The fourth-order valence-corrected chi connectivity index (χ4v) is 8.50. The highest BCUT2D eigenvalue weighted by Gasteiger charge is 2.26. The predicted molar refractivity (Wildman–Crippen MR) is 394 cm³/mol. The highest BCUT2D eigenvalue weighted by molar-refractivity contribution is 9.08. The number of carbonyl (C=O) groups excluding carboxylic acids is 8. The van der Waals surface area contributed by atoms with Crippen LogP contribution in [-0.2, 0) is 54.6 Å². The van der Waals surface area contributed by atoms with Gasteiger partial charge in [-0.1, -0.05) is 101 Å². The second-order valence-electron chi connectivity index (χ2n) is 22.2. The highest BCUT2D eigenvalue weighted by atomic mass is 79.9. The number of ketones is 4. The van der Waals surface area contributed by atoms with Gasteiger partial charge in [-0.3, -0.25) is 58.4 Å². The zero-order chi connectivity index (χ0) is 75.6. The number of halogens is 1. The van der Waals surface area contributed by atoms with E-state index in [0.29, 0.717) is 80.2 Å². The Morgan fingerprint density at radius 2 is 0.931 bits per heavy atom. The van der Waals surface area contributed by atoms with Gasteiger partial charge in [-0.2, -0.15) is 10.2 Å². The van der Waals surface area contributed by atoms with Crippen molar-refractivity contribution in [2.75, 3.05) is 33.7 Å². The van der Waals surface area contributed by atoms with Crippen LogP contribution < -0.4 is 50.8 Å². The van der Waals surface area contributed by atoms with Gasteiger partial charge in [0.05, 0.1) is 21.8 Å². The number of nitrogens with zero attached hydrogens (tertiary/aromatic N) is 7. The third kappa shape index (κ3) is 39.3. The maximum Gasteiger partial charge on any atom is 0.439 e. The van der Waals surface area contributed by atoms with Gasteiger partial charge in [0, 0.05) is 99.5 Å². The number of rotatable bonds is 25. The number of hydrogen-bond acceptors (Lipinski definition) is 21. The summed E-state index contributed by atoms with van der Waals surface area (Å²) in [6, 6.07) is 42.5. The van der Waals surface area contributed by atoms with E-state index in [2.05, 4.69) is 76.3 Å². The van der Waals surface area contributed by atoms with Crippen LogP contribution in [0, 0.1) is 5.41 Å². The number of amides is 4. The zero-order valence-corrected chi connectivity index (χ0v) is 59.8. The summed E-state index contributed by atoms with van der Waals surface area (Å²) in [6.07, 6.45) is 13.3. The Hall–Kier alpha value is -11.4. The number of amidine groups is 1. The van der Waals surface area contributed by atoms with Crippen molar-refractivity contribution in [1.29, 1.82) is 5.41 Å². The Morgan fingerprint density at radius 1 is 0.539 bits per heavy atom. The van der Waals surface area contributed by atoms with Gasteiger partial charge in [-0.25, -0.2) is 13.5 Å². The van der Waals surface area contributed by atoms with Crippen LogP contribution >= 0.6 is 16.1 Å². The Bertz CT molecular complexity index is 3960. The first-order valence-corrected chi connectivity index (χ1v) is 33.0. The molecular formula is C72H92BrN17O12. The van der Waals surface area contributed by atoms with Crippen LogP contribution in [0.15, 0.2) is 186 Å². The van der Waals surface area contributed by atoms with Crippen molar-refractivity contribution in [2.24, 2.45) is 43.9 Å². The summed E-state index contributed by atoms with van der Waals surface area (Å²) in [5, 5.41) is 27.1. The van der Waals surface area contributed by atoms with E-state index in [1.165, 1.54) is 12.5 Å². The number of nitrogens with one attached hydrogen (secondary N) is 5. The molecule has 4 heterocycles. The van der Waals surface area contributed by atoms with E-state index in [4.69, 9.17) is 34.1 Å². The number of aryl methyl sites for hydroxylation is 3. The van der Waals surface area contributed by atoms with Crippen molar-refractivity contribution in [3.8, 4) is 22.8 Å². The summed E-state index contributed by atoms with van der Waals surface area (Å²) in [7, 11) is 3.19. The molecule has 544 valence electrons. The number of imide groups is 1. The normalized spacial score (nSPS) is 10.8. The van der Waals surface area contributed by atoms with E-state index in [1.54, 1.807) is 71.5 Å². The summed E-state index contributed by atoms with van der Waals surface area (Å²) in [6.45, 7) is 8.25.